The Balaban J connectivity index is 1.69. The summed E-state index contributed by atoms with van der Waals surface area (Å²) in [6.45, 7) is 9.36. The third-order valence-electron chi connectivity index (χ3n) is 9.59. The number of benzene rings is 2. The first-order valence-corrected chi connectivity index (χ1v) is 19.4. The highest BCUT2D eigenvalue weighted by molar-refractivity contribution is 8.00. The second-order valence-electron chi connectivity index (χ2n) is 12.4. The summed E-state index contributed by atoms with van der Waals surface area (Å²) in [5, 5.41) is 24.2. The fraction of sp³-hybridized carbons (Fsp3) is 0.553. The summed E-state index contributed by atoms with van der Waals surface area (Å²) in [4.78, 5) is 6.94. The zero-order valence-electron chi connectivity index (χ0n) is 28.1. The predicted molar refractivity (Wildman–Crippen MR) is 193 cm³/mol. The van der Waals surface area contributed by atoms with Crippen LogP contribution in [0.5, 0.6) is 17.2 Å². The van der Waals surface area contributed by atoms with Crippen molar-refractivity contribution in [1.29, 1.82) is 0 Å². The van der Waals surface area contributed by atoms with Crippen LogP contribution in [0.2, 0.25) is 0 Å². The summed E-state index contributed by atoms with van der Waals surface area (Å²) in [7, 11) is 0. The molecule has 1 aliphatic heterocycles. The molecule has 2 N–H and O–H groups in total. The lowest BCUT2D eigenvalue weighted by Crippen LogP contribution is -2.64. The van der Waals surface area contributed by atoms with E-state index < -0.39 is 5.79 Å². The van der Waals surface area contributed by atoms with Crippen molar-refractivity contribution in [3.63, 3.8) is 0 Å². The van der Waals surface area contributed by atoms with Gasteiger partial charge in [-0.2, -0.15) is 11.8 Å². The van der Waals surface area contributed by atoms with Crippen molar-refractivity contribution in [3.05, 3.63) is 72.3 Å². The van der Waals surface area contributed by atoms with Gasteiger partial charge >= 0.3 is 0 Å². The van der Waals surface area contributed by atoms with Gasteiger partial charge in [0, 0.05) is 36.0 Å². The number of ether oxygens (including phenoxy) is 3. The summed E-state index contributed by atoms with van der Waals surface area (Å²) in [5.41, 5.74) is 3.24. The van der Waals surface area contributed by atoms with Gasteiger partial charge in [-0.3, -0.25) is 0 Å². The van der Waals surface area contributed by atoms with Crippen LogP contribution in [0.3, 0.4) is 0 Å². The lowest BCUT2D eigenvalue weighted by Gasteiger charge is -2.58. The van der Waals surface area contributed by atoms with E-state index in [-0.39, 0.29) is 42.1 Å². The van der Waals surface area contributed by atoms with Gasteiger partial charge in [-0.25, -0.2) is 0 Å². The molecule has 9 heteroatoms. The Morgan fingerprint density at radius 2 is 1.77 bits per heavy atom. The molecule has 0 saturated heterocycles. The topological polar surface area (TPSA) is 89.7 Å². The second-order valence-corrected chi connectivity index (χ2v) is 14.8. The summed E-state index contributed by atoms with van der Waals surface area (Å²) in [5.74, 6) is 2.81. The SMILES string of the molecule is C=CCOC12Oc3ccc(Oc4ccc(SC)cc4)cc3C3C(CCCCO)C(CCCCO)C=C(C(=NOCC)CC1SCC)C32. The molecule has 47 heavy (non-hydrogen) atoms. The Kier molecular flexibility index (Phi) is 13.2. The number of fused-ring (bicyclic) bond motifs is 2. The Hall–Kier alpha value is -2.43. The van der Waals surface area contributed by atoms with Gasteiger partial charge in [0.25, 0.3) is 0 Å². The third kappa shape index (κ3) is 7.91. The minimum Gasteiger partial charge on any atom is -0.460 e. The highest BCUT2D eigenvalue weighted by Crippen LogP contribution is 2.62. The van der Waals surface area contributed by atoms with Crippen LogP contribution in [-0.2, 0) is 9.57 Å². The van der Waals surface area contributed by atoms with Crippen molar-refractivity contribution in [2.24, 2.45) is 22.9 Å². The van der Waals surface area contributed by atoms with Gasteiger partial charge in [-0.15, -0.1) is 18.3 Å². The first-order valence-electron chi connectivity index (χ1n) is 17.2. The number of hydrogen-bond acceptors (Lipinski definition) is 9. The fourth-order valence-electron chi connectivity index (χ4n) is 7.66. The Morgan fingerprint density at radius 3 is 2.45 bits per heavy atom. The molecule has 7 nitrogen and oxygen atoms in total. The largest absolute Gasteiger partial charge is 0.460 e. The van der Waals surface area contributed by atoms with E-state index in [2.05, 4.69) is 50.1 Å². The molecule has 2 aliphatic carbocycles. The maximum Gasteiger partial charge on any atom is 0.230 e. The van der Waals surface area contributed by atoms with Crippen LogP contribution in [0.1, 0.15) is 70.3 Å². The molecule has 0 aromatic heterocycles. The molecule has 1 saturated carbocycles. The second kappa shape index (κ2) is 17.3. The molecular weight excluding hydrogens is 631 g/mol. The Labute approximate surface area is 289 Å². The molecule has 0 bridgehead atoms. The van der Waals surface area contributed by atoms with Crippen molar-refractivity contribution in [2.45, 2.75) is 80.6 Å². The van der Waals surface area contributed by atoms with Gasteiger partial charge < -0.3 is 29.3 Å². The van der Waals surface area contributed by atoms with E-state index >= 15 is 0 Å². The van der Waals surface area contributed by atoms with E-state index in [1.807, 2.05) is 43.0 Å². The maximum atomic E-state index is 9.78. The zero-order chi connectivity index (χ0) is 33.2. The van der Waals surface area contributed by atoms with Crippen LogP contribution in [0.4, 0.5) is 0 Å². The molecule has 2 aromatic rings. The first kappa shape index (κ1) is 35.9. The molecule has 5 rings (SSSR count). The average Bonchev–Trinajstić information content (AvgIpc) is 3.09. The van der Waals surface area contributed by atoms with Crippen LogP contribution < -0.4 is 9.47 Å². The van der Waals surface area contributed by atoms with Crippen LogP contribution in [0, 0.1) is 17.8 Å². The van der Waals surface area contributed by atoms with Crippen LogP contribution >= 0.6 is 23.5 Å². The molecule has 2 aromatic carbocycles. The number of unbranched alkanes of at least 4 members (excludes halogenated alkanes) is 2. The highest BCUT2D eigenvalue weighted by atomic mass is 32.2. The zero-order valence-corrected chi connectivity index (χ0v) is 29.7. The quantitative estimate of drug-likeness (QED) is 0.0700. The van der Waals surface area contributed by atoms with Crippen molar-refractivity contribution in [1.82, 2.24) is 0 Å². The monoisotopic (exact) mass is 681 g/mol. The number of nitrogens with zero attached hydrogens (tertiary/aromatic N) is 1. The van der Waals surface area contributed by atoms with Crippen molar-refractivity contribution in [3.8, 4) is 17.2 Å². The average molecular weight is 682 g/mol. The van der Waals surface area contributed by atoms with Gasteiger partial charge in [-0.1, -0.05) is 37.1 Å². The lowest BCUT2D eigenvalue weighted by molar-refractivity contribution is -0.223. The summed E-state index contributed by atoms with van der Waals surface area (Å²) in [6, 6.07) is 14.4. The number of aliphatic hydroxyl groups excluding tert-OH is 2. The molecule has 256 valence electrons. The van der Waals surface area contributed by atoms with Crippen molar-refractivity contribution >= 4 is 29.2 Å². The summed E-state index contributed by atoms with van der Waals surface area (Å²) >= 11 is 3.56. The summed E-state index contributed by atoms with van der Waals surface area (Å²) < 4.78 is 20.5. The number of oxime groups is 1. The van der Waals surface area contributed by atoms with Gasteiger partial charge in [0.05, 0.1) is 23.5 Å². The van der Waals surface area contributed by atoms with E-state index in [0.29, 0.717) is 19.6 Å². The van der Waals surface area contributed by atoms with E-state index in [1.54, 1.807) is 11.8 Å². The molecular formula is C38H51NO6S2. The van der Waals surface area contributed by atoms with E-state index in [9.17, 15) is 10.2 Å². The maximum absolute atomic E-state index is 9.78. The smallest absolute Gasteiger partial charge is 0.230 e. The van der Waals surface area contributed by atoms with E-state index in [4.69, 9.17) is 24.2 Å². The highest BCUT2D eigenvalue weighted by Gasteiger charge is 2.63. The minimum atomic E-state index is -0.926. The molecule has 1 fully saturated rings. The minimum absolute atomic E-state index is 0.0145. The Morgan fingerprint density at radius 1 is 1.02 bits per heavy atom. The number of thioether (sulfide) groups is 2. The van der Waals surface area contributed by atoms with E-state index in [1.165, 1.54) is 4.90 Å². The Bertz CT molecular complexity index is 1380. The standard InChI is InChI=1S/C38H51NO6S2/c1-5-22-42-38-35(47-7-3)25-33(39-43-6-2)31-23-26(12-8-10-20-40)30(13-9-11-21-41)36(37(31)38)32-24-28(16-19-34(32)45-38)44-27-14-17-29(46-4)18-15-27/h5,14-19,23-24,26,30,35-37,40-41H,1,6-13,20-22,25H2,2-4H3. The van der Waals surface area contributed by atoms with Gasteiger partial charge in [-0.05, 0) is 104 Å². The number of rotatable bonds is 18. The molecule has 6 atom stereocenters. The normalized spacial score (nSPS) is 27.0. The van der Waals surface area contributed by atoms with Crippen LogP contribution in [0.15, 0.2) is 76.8 Å². The molecule has 0 radical (unpaired) electrons. The number of aliphatic hydroxyl groups is 2. The van der Waals surface area contributed by atoms with Gasteiger partial charge in [0.2, 0.25) is 5.79 Å². The lowest BCUT2D eigenvalue weighted by atomic mass is 9.56. The summed E-state index contributed by atoms with van der Waals surface area (Å²) in [6.07, 6.45) is 12.3. The molecule has 1 heterocycles. The van der Waals surface area contributed by atoms with Gasteiger partial charge in [0.1, 0.15) is 23.9 Å². The molecule has 6 unspecified atom stereocenters. The molecule has 0 spiro atoms. The fourth-order valence-corrected chi connectivity index (χ4v) is 9.24. The number of allylic oxidation sites excluding steroid dienone is 1. The van der Waals surface area contributed by atoms with E-state index in [0.717, 1.165) is 78.4 Å². The van der Waals surface area contributed by atoms with Gasteiger partial charge in [0.15, 0.2) is 0 Å². The molecule has 0 amide bonds. The van der Waals surface area contributed by atoms with Crippen LogP contribution in [0.25, 0.3) is 0 Å². The predicted octanol–water partition coefficient (Wildman–Crippen LogP) is 8.61. The van der Waals surface area contributed by atoms with Crippen LogP contribution in [-0.4, -0.2) is 65.4 Å². The number of hydrogen-bond donors (Lipinski definition) is 2. The van der Waals surface area contributed by atoms with Crippen molar-refractivity contribution in [2.75, 3.05) is 38.4 Å². The molecule has 3 aliphatic rings. The first-order chi connectivity index (χ1) is 23.0. The third-order valence-corrected chi connectivity index (χ3v) is 11.6. The van der Waals surface area contributed by atoms with Crippen molar-refractivity contribution < 1.29 is 29.3 Å².